The first-order valence-electron chi connectivity index (χ1n) is 13.7. The van der Waals surface area contributed by atoms with Crippen molar-refractivity contribution in [2.75, 3.05) is 24.7 Å². The average Bonchev–Trinajstić information content (AvgIpc) is 3.53. The molecule has 9 heteroatoms. The number of esters is 1. The molecular formula is C30H39ClN2O6. The zero-order valence-electron chi connectivity index (χ0n) is 23.0. The Morgan fingerprint density at radius 2 is 2.08 bits per heavy atom. The van der Waals surface area contributed by atoms with Crippen molar-refractivity contribution >= 4 is 35.1 Å². The predicted molar refractivity (Wildman–Crippen MR) is 149 cm³/mol. The van der Waals surface area contributed by atoms with Crippen LogP contribution < -0.4 is 4.90 Å². The molecule has 4 rings (SSSR count). The first-order chi connectivity index (χ1) is 18.6. The third kappa shape index (κ3) is 5.03. The lowest BCUT2D eigenvalue weighted by Gasteiger charge is -2.40. The van der Waals surface area contributed by atoms with Gasteiger partial charge in [-0.3, -0.25) is 14.4 Å². The number of nitrogens with zero attached hydrogens (tertiary/aromatic N) is 2. The number of aliphatic hydroxyl groups excluding tert-OH is 1. The number of likely N-dealkylation sites (tertiary alicyclic amines) is 1. The average molecular weight is 559 g/mol. The number of aryl methyl sites for hydroxylation is 1. The molecule has 39 heavy (non-hydrogen) atoms. The maximum absolute atomic E-state index is 14.7. The molecule has 0 saturated carbocycles. The number of hydrogen-bond acceptors (Lipinski definition) is 6. The van der Waals surface area contributed by atoms with E-state index < -0.39 is 41.6 Å². The Bertz CT molecular complexity index is 1120. The number of halogens is 1. The molecule has 2 bridgehead atoms. The van der Waals surface area contributed by atoms with Crippen LogP contribution in [0.5, 0.6) is 0 Å². The lowest BCUT2D eigenvalue weighted by Crippen LogP contribution is -2.59. The Balaban J connectivity index is 1.82. The Labute approximate surface area is 235 Å². The second-order valence-corrected chi connectivity index (χ2v) is 11.6. The number of anilines is 1. The van der Waals surface area contributed by atoms with Gasteiger partial charge >= 0.3 is 5.97 Å². The highest BCUT2D eigenvalue weighted by molar-refractivity contribution is 6.34. The molecule has 1 N–H and O–H groups in total. The fourth-order valence-electron chi connectivity index (χ4n) is 6.72. The van der Waals surface area contributed by atoms with Crippen LogP contribution in [0.25, 0.3) is 0 Å². The number of carbonyl (C=O) groups is 3. The molecule has 0 aromatic heterocycles. The summed E-state index contributed by atoms with van der Waals surface area (Å²) in [6, 6.07) is 3.73. The number of amides is 2. The van der Waals surface area contributed by atoms with Crippen molar-refractivity contribution in [3.05, 3.63) is 54.1 Å². The smallest absolute Gasteiger partial charge is 0.312 e. The van der Waals surface area contributed by atoms with Crippen molar-refractivity contribution in [1.29, 1.82) is 0 Å². The fourth-order valence-corrected chi connectivity index (χ4v) is 7.05. The van der Waals surface area contributed by atoms with Crippen LogP contribution in [0.3, 0.4) is 0 Å². The first kappa shape index (κ1) is 29.3. The van der Waals surface area contributed by atoms with Gasteiger partial charge in [-0.1, -0.05) is 49.7 Å². The van der Waals surface area contributed by atoms with E-state index >= 15 is 0 Å². The molecule has 0 radical (unpaired) electrons. The normalized spacial score (nSPS) is 27.9. The minimum Gasteiger partial charge on any atom is -0.465 e. The van der Waals surface area contributed by atoms with E-state index in [0.29, 0.717) is 36.4 Å². The van der Waals surface area contributed by atoms with E-state index in [0.717, 1.165) is 5.56 Å². The second kappa shape index (κ2) is 11.8. The van der Waals surface area contributed by atoms with Crippen molar-refractivity contribution in [2.45, 2.75) is 70.2 Å². The Morgan fingerprint density at radius 3 is 2.69 bits per heavy atom. The topological polar surface area (TPSA) is 96.4 Å². The van der Waals surface area contributed by atoms with E-state index in [2.05, 4.69) is 13.2 Å². The second-order valence-electron chi connectivity index (χ2n) is 11.2. The minimum absolute atomic E-state index is 0.149. The highest BCUT2D eigenvalue weighted by atomic mass is 35.5. The van der Waals surface area contributed by atoms with Gasteiger partial charge in [-0.25, -0.2) is 0 Å². The van der Waals surface area contributed by atoms with Gasteiger partial charge in [0.25, 0.3) is 5.91 Å². The van der Waals surface area contributed by atoms with E-state index in [4.69, 9.17) is 21.1 Å². The largest absolute Gasteiger partial charge is 0.465 e. The maximum atomic E-state index is 14.7. The summed E-state index contributed by atoms with van der Waals surface area (Å²) in [7, 11) is 0. The van der Waals surface area contributed by atoms with Gasteiger partial charge in [-0.2, -0.15) is 0 Å². The molecule has 2 unspecified atom stereocenters. The molecule has 3 aliphatic heterocycles. The van der Waals surface area contributed by atoms with E-state index in [1.165, 1.54) is 4.90 Å². The van der Waals surface area contributed by atoms with Crippen LogP contribution in [-0.2, 0) is 23.9 Å². The summed E-state index contributed by atoms with van der Waals surface area (Å²) in [4.78, 5) is 45.2. The monoisotopic (exact) mass is 558 g/mol. The highest BCUT2D eigenvalue weighted by Crippen LogP contribution is 2.59. The number of ether oxygens (including phenoxy) is 2. The zero-order valence-corrected chi connectivity index (χ0v) is 23.7. The molecule has 3 aliphatic rings. The molecule has 3 heterocycles. The first-order valence-corrected chi connectivity index (χ1v) is 14.1. The van der Waals surface area contributed by atoms with Crippen LogP contribution in [-0.4, -0.2) is 71.3 Å². The number of benzene rings is 1. The minimum atomic E-state index is -1.21. The van der Waals surface area contributed by atoms with Crippen molar-refractivity contribution in [3.8, 4) is 0 Å². The summed E-state index contributed by atoms with van der Waals surface area (Å²) in [5.74, 6) is -2.76. The molecule has 3 saturated heterocycles. The number of fused-ring (bicyclic) bond motifs is 1. The number of rotatable bonds is 12. The van der Waals surface area contributed by atoms with Gasteiger partial charge in [0.2, 0.25) is 5.91 Å². The summed E-state index contributed by atoms with van der Waals surface area (Å²) in [5, 5.41) is 10.9. The molecule has 0 aliphatic carbocycles. The SMILES string of the molecule is C=CCCOC(=O)[C@@H]1[C@H]2C(=O)N([C@@H](CO)CC(C)C)C(C(=O)N(CC=C)c3c(C)cccc3Cl)C23CC[C@H]1O3. The lowest BCUT2D eigenvalue weighted by atomic mass is 9.70. The lowest BCUT2D eigenvalue weighted by molar-refractivity contribution is -0.155. The van der Waals surface area contributed by atoms with E-state index in [1.54, 1.807) is 23.1 Å². The molecule has 3 fully saturated rings. The molecule has 8 nitrogen and oxygen atoms in total. The van der Waals surface area contributed by atoms with Crippen LogP contribution in [0.4, 0.5) is 5.69 Å². The van der Waals surface area contributed by atoms with Gasteiger partial charge in [0.05, 0.1) is 47.9 Å². The van der Waals surface area contributed by atoms with Gasteiger partial charge in [-0.05, 0) is 50.2 Å². The third-order valence-electron chi connectivity index (χ3n) is 8.19. The molecule has 2 amide bonds. The summed E-state index contributed by atoms with van der Waals surface area (Å²) >= 11 is 6.60. The molecule has 212 valence electrons. The van der Waals surface area contributed by atoms with Crippen LogP contribution >= 0.6 is 11.6 Å². The van der Waals surface area contributed by atoms with Crippen LogP contribution in [0, 0.1) is 24.7 Å². The molecule has 6 atom stereocenters. The number of hydrogen-bond donors (Lipinski definition) is 1. The standard InChI is InChI=1S/C30H39ClN2O6/c1-6-8-15-38-29(37)23-22-12-13-30(39-22)24(23)27(35)33(20(17-34)16-18(3)4)26(30)28(36)32(14-7-2)25-19(5)10-9-11-21(25)31/h6-7,9-11,18,20,22-24,26,34H,1-2,8,12-17H2,3-5H3/t20-,22-,23+,24+,26?,30?/m1/s1. The Morgan fingerprint density at radius 1 is 1.33 bits per heavy atom. The quantitative estimate of drug-likeness (QED) is 0.236. The summed E-state index contributed by atoms with van der Waals surface area (Å²) in [6.07, 6.45) is 4.71. The zero-order chi connectivity index (χ0) is 28.5. The van der Waals surface area contributed by atoms with E-state index in [1.807, 2.05) is 32.9 Å². The van der Waals surface area contributed by atoms with Gasteiger partial charge in [0.1, 0.15) is 11.6 Å². The summed E-state index contributed by atoms with van der Waals surface area (Å²) in [6.45, 7) is 13.4. The van der Waals surface area contributed by atoms with Gasteiger partial charge < -0.3 is 24.4 Å². The molecular weight excluding hydrogens is 520 g/mol. The van der Waals surface area contributed by atoms with Crippen molar-refractivity contribution < 1.29 is 29.0 Å². The fraction of sp³-hybridized carbons (Fsp3) is 0.567. The van der Waals surface area contributed by atoms with Crippen molar-refractivity contribution in [1.82, 2.24) is 4.90 Å². The predicted octanol–water partition coefficient (Wildman–Crippen LogP) is 4.07. The molecule has 1 aromatic rings. The van der Waals surface area contributed by atoms with Crippen LogP contribution in [0.15, 0.2) is 43.5 Å². The molecule has 1 aromatic carbocycles. The summed E-state index contributed by atoms with van der Waals surface area (Å²) < 4.78 is 12.0. The van der Waals surface area contributed by atoms with Crippen LogP contribution in [0.2, 0.25) is 5.02 Å². The summed E-state index contributed by atoms with van der Waals surface area (Å²) in [5.41, 5.74) is 0.123. The highest BCUT2D eigenvalue weighted by Gasteiger charge is 2.75. The Kier molecular flexibility index (Phi) is 8.88. The number of para-hydroxylation sites is 1. The number of carbonyl (C=O) groups excluding carboxylic acids is 3. The van der Waals surface area contributed by atoms with Gasteiger partial charge in [-0.15, -0.1) is 13.2 Å². The van der Waals surface area contributed by atoms with Crippen LogP contribution in [0.1, 0.15) is 45.1 Å². The Hall–Kier alpha value is -2.68. The van der Waals surface area contributed by atoms with E-state index in [-0.39, 0.29) is 37.5 Å². The van der Waals surface area contributed by atoms with E-state index in [9.17, 15) is 19.5 Å². The number of aliphatic hydroxyl groups is 1. The van der Waals surface area contributed by atoms with Crippen molar-refractivity contribution in [3.63, 3.8) is 0 Å². The van der Waals surface area contributed by atoms with Gasteiger partial charge in [0.15, 0.2) is 0 Å². The van der Waals surface area contributed by atoms with Gasteiger partial charge in [0, 0.05) is 6.54 Å². The maximum Gasteiger partial charge on any atom is 0.312 e. The van der Waals surface area contributed by atoms with Crippen molar-refractivity contribution in [2.24, 2.45) is 17.8 Å². The molecule has 1 spiro atoms. The third-order valence-corrected chi connectivity index (χ3v) is 8.50.